The van der Waals surface area contributed by atoms with Crippen molar-refractivity contribution >= 4 is 0 Å². The fourth-order valence-corrected chi connectivity index (χ4v) is 3.37. The van der Waals surface area contributed by atoms with Gasteiger partial charge in [0.05, 0.1) is 0 Å². The first-order valence-electron chi connectivity index (χ1n) is 7.55. The number of hydrogen-bond donors (Lipinski definition) is 1. The van der Waals surface area contributed by atoms with Crippen molar-refractivity contribution in [2.24, 2.45) is 0 Å². The van der Waals surface area contributed by atoms with Crippen LogP contribution in [0.25, 0.3) is 0 Å². The molecule has 0 amide bonds. The van der Waals surface area contributed by atoms with E-state index in [2.05, 4.69) is 52.4 Å². The molecule has 1 N–H and O–H groups in total. The standard InChI is InChI=1S/C16H25N3/c1-14-11-19-10-9-18(13-16(19)7-8-17-14)12-15-5-3-2-4-6-15/h2-6,14,16-17H,7-13H2,1H3. The van der Waals surface area contributed by atoms with Crippen molar-refractivity contribution < 1.29 is 0 Å². The average molecular weight is 259 g/mol. The van der Waals surface area contributed by atoms with Gasteiger partial charge in [-0.2, -0.15) is 0 Å². The second-order valence-corrected chi connectivity index (χ2v) is 6.01. The molecule has 104 valence electrons. The number of hydrogen-bond acceptors (Lipinski definition) is 3. The lowest BCUT2D eigenvalue weighted by Crippen LogP contribution is -2.53. The number of nitrogens with zero attached hydrogens (tertiary/aromatic N) is 2. The van der Waals surface area contributed by atoms with E-state index < -0.39 is 0 Å². The molecule has 0 aliphatic carbocycles. The fourth-order valence-electron chi connectivity index (χ4n) is 3.37. The molecule has 19 heavy (non-hydrogen) atoms. The van der Waals surface area contributed by atoms with Crippen LogP contribution >= 0.6 is 0 Å². The molecule has 2 saturated heterocycles. The molecular formula is C16H25N3. The lowest BCUT2D eigenvalue weighted by molar-refractivity contribution is 0.0707. The van der Waals surface area contributed by atoms with Crippen LogP contribution < -0.4 is 5.32 Å². The first kappa shape index (κ1) is 13.1. The quantitative estimate of drug-likeness (QED) is 0.869. The largest absolute Gasteiger partial charge is 0.313 e. The van der Waals surface area contributed by atoms with Crippen LogP contribution in [0.15, 0.2) is 30.3 Å². The minimum atomic E-state index is 0.644. The smallest absolute Gasteiger partial charge is 0.0236 e. The molecule has 3 rings (SSSR count). The van der Waals surface area contributed by atoms with Crippen molar-refractivity contribution in [1.82, 2.24) is 15.1 Å². The molecule has 0 radical (unpaired) electrons. The van der Waals surface area contributed by atoms with E-state index in [0.717, 1.165) is 12.6 Å². The third-order valence-electron chi connectivity index (χ3n) is 4.42. The molecule has 2 heterocycles. The summed E-state index contributed by atoms with van der Waals surface area (Å²) < 4.78 is 0. The molecule has 2 aliphatic rings. The number of rotatable bonds is 2. The summed E-state index contributed by atoms with van der Waals surface area (Å²) in [5.74, 6) is 0. The highest BCUT2D eigenvalue weighted by molar-refractivity contribution is 5.14. The van der Waals surface area contributed by atoms with Crippen molar-refractivity contribution in [3.05, 3.63) is 35.9 Å². The Labute approximate surface area is 116 Å². The molecule has 2 fully saturated rings. The van der Waals surface area contributed by atoms with Gasteiger partial charge in [-0.3, -0.25) is 9.80 Å². The third-order valence-corrected chi connectivity index (χ3v) is 4.42. The minimum Gasteiger partial charge on any atom is -0.313 e. The summed E-state index contributed by atoms with van der Waals surface area (Å²) in [5.41, 5.74) is 1.44. The van der Waals surface area contributed by atoms with E-state index in [1.54, 1.807) is 0 Å². The van der Waals surface area contributed by atoms with Crippen molar-refractivity contribution in [2.75, 3.05) is 32.7 Å². The van der Waals surface area contributed by atoms with E-state index in [1.165, 1.54) is 44.7 Å². The van der Waals surface area contributed by atoms with Gasteiger partial charge >= 0.3 is 0 Å². The zero-order valence-electron chi connectivity index (χ0n) is 11.9. The molecule has 1 aromatic rings. The Bertz CT molecular complexity index is 392. The van der Waals surface area contributed by atoms with Crippen molar-refractivity contribution in [3.8, 4) is 0 Å². The summed E-state index contributed by atoms with van der Waals surface area (Å²) >= 11 is 0. The van der Waals surface area contributed by atoms with E-state index in [1.807, 2.05) is 0 Å². The summed E-state index contributed by atoms with van der Waals surface area (Å²) in [6.45, 7) is 9.45. The van der Waals surface area contributed by atoms with Gasteiger partial charge in [-0.25, -0.2) is 0 Å². The van der Waals surface area contributed by atoms with Gasteiger partial charge in [0.1, 0.15) is 0 Å². The Balaban J connectivity index is 1.59. The van der Waals surface area contributed by atoms with Gasteiger partial charge in [0.2, 0.25) is 0 Å². The summed E-state index contributed by atoms with van der Waals surface area (Å²) in [4.78, 5) is 5.30. The Hall–Kier alpha value is -0.900. The van der Waals surface area contributed by atoms with Crippen LogP contribution in [0.3, 0.4) is 0 Å². The number of benzene rings is 1. The summed E-state index contributed by atoms with van der Waals surface area (Å²) in [6.07, 6.45) is 1.29. The van der Waals surface area contributed by atoms with Gasteiger partial charge in [0, 0.05) is 44.8 Å². The van der Waals surface area contributed by atoms with E-state index in [-0.39, 0.29) is 0 Å². The monoisotopic (exact) mass is 259 g/mol. The highest BCUT2D eigenvalue weighted by atomic mass is 15.3. The maximum Gasteiger partial charge on any atom is 0.0236 e. The normalized spacial score (nSPS) is 29.7. The number of nitrogens with one attached hydrogen (secondary N) is 1. The molecule has 3 nitrogen and oxygen atoms in total. The van der Waals surface area contributed by atoms with Crippen molar-refractivity contribution in [2.45, 2.75) is 32.0 Å². The first-order chi connectivity index (χ1) is 9.31. The molecule has 0 spiro atoms. The van der Waals surface area contributed by atoms with E-state index >= 15 is 0 Å². The topological polar surface area (TPSA) is 18.5 Å². The van der Waals surface area contributed by atoms with Crippen LogP contribution in [0.1, 0.15) is 18.9 Å². The summed E-state index contributed by atoms with van der Waals surface area (Å²) in [7, 11) is 0. The Morgan fingerprint density at radius 2 is 2.00 bits per heavy atom. The molecule has 0 saturated carbocycles. The molecule has 3 heteroatoms. The summed E-state index contributed by atoms with van der Waals surface area (Å²) in [6, 6.07) is 12.2. The van der Waals surface area contributed by atoms with Crippen LogP contribution in [0.5, 0.6) is 0 Å². The van der Waals surface area contributed by atoms with Crippen LogP contribution in [0.2, 0.25) is 0 Å². The summed E-state index contributed by atoms with van der Waals surface area (Å²) in [5, 5.41) is 3.61. The minimum absolute atomic E-state index is 0.644. The zero-order valence-corrected chi connectivity index (χ0v) is 11.9. The molecule has 0 aromatic heterocycles. The van der Waals surface area contributed by atoms with E-state index in [9.17, 15) is 0 Å². The molecule has 2 aliphatic heterocycles. The second kappa shape index (κ2) is 6.04. The number of fused-ring (bicyclic) bond motifs is 1. The van der Waals surface area contributed by atoms with E-state index in [0.29, 0.717) is 6.04 Å². The lowest BCUT2D eigenvalue weighted by atomic mass is 10.1. The van der Waals surface area contributed by atoms with Crippen molar-refractivity contribution in [3.63, 3.8) is 0 Å². The van der Waals surface area contributed by atoms with Gasteiger partial charge in [-0.15, -0.1) is 0 Å². The third kappa shape index (κ3) is 3.35. The fraction of sp³-hybridized carbons (Fsp3) is 0.625. The molecule has 0 bridgehead atoms. The predicted octanol–water partition coefficient (Wildman–Crippen LogP) is 1.55. The van der Waals surface area contributed by atoms with Crippen LogP contribution in [0, 0.1) is 0 Å². The SMILES string of the molecule is CC1CN2CCN(Cc3ccccc3)CC2CCN1. The van der Waals surface area contributed by atoms with Crippen LogP contribution in [-0.2, 0) is 6.54 Å². The van der Waals surface area contributed by atoms with Crippen LogP contribution in [0.4, 0.5) is 0 Å². The molecule has 2 unspecified atom stereocenters. The van der Waals surface area contributed by atoms with Gasteiger partial charge < -0.3 is 5.32 Å². The average Bonchev–Trinajstić information content (AvgIpc) is 2.60. The zero-order chi connectivity index (χ0) is 13.1. The maximum atomic E-state index is 3.61. The molecule has 2 atom stereocenters. The highest BCUT2D eigenvalue weighted by Gasteiger charge is 2.29. The molecule has 1 aromatic carbocycles. The van der Waals surface area contributed by atoms with Gasteiger partial charge in [0.15, 0.2) is 0 Å². The van der Waals surface area contributed by atoms with Crippen LogP contribution in [-0.4, -0.2) is 54.6 Å². The van der Waals surface area contributed by atoms with Gasteiger partial charge in [-0.05, 0) is 25.5 Å². The predicted molar refractivity (Wildman–Crippen MR) is 79.2 cm³/mol. The molecular weight excluding hydrogens is 234 g/mol. The lowest BCUT2D eigenvalue weighted by Gasteiger charge is -2.41. The maximum absolute atomic E-state index is 3.61. The second-order valence-electron chi connectivity index (χ2n) is 6.01. The Kier molecular flexibility index (Phi) is 4.16. The van der Waals surface area contributed by atoms with E-state index in [4.69, 9.17) is 0 Å². The van der Waals surface area contributed by atoms with Gasteiger partial charge in [0.25, 0.3) is 0 Å². The van der Waals surface area contributed by atoms with Crippen molar-refractivity contribution in [1.29, 1.82) is 0 Å². The van der Waals surface area contributed by atoms with Gasteiger partial charge in [-0.1, -0.05) is 30.3 Å². The highest BCUT2D eigenvalue weighted by Crippen LogP contribution is 2.17. The first-order valence-corrected chi connectivity index (χ1v) is 7.55. The number of piperazine rings is 1. The Morgan fingerprint density at radius 1 is 1.16 bits per heavy atom. The Morgan fingerprint density at radius 3 is 2.84 bits per heavy atom.